The first-order valence-corrected chi connectivity index (χ1v) is 13.3. The first-order chi connectivity index (χ1) is 15.9. The van der Waals surface area contributed by atoms with Crippen molar-refractivity contribution in [3.63, 3.8) is 0 Å². The number of aromatic nitrogens is 3. The second-order valence-electron chi connectivity index (χ2n) is 9.10. The van der Waals surface area contributed by atoms with Crippen LogP contribution in [0.15, 0.2) is 23.1 Å². The lowest BCUT2D eigenvalue weighted by molar-refractivity contribution is -0.126. The summed E-state index contributed by atoms with van der Waals surface area (Å²) in [4.78, 5) is 17.6. The molecule has 2 aliphatic rings. The number of nitrogens with one attached hydrogen (secondary N) is 1. The molecule has 33 heavy (non-hydrogen) atoms. The molecule has 0 aliphatic carbocycles. The Kier molecular flexibility index (Phi) is 7.62. The molecular weight excluding hydrogens is 442 g/mol. The van der Waals surface area contributed by atoms with Gasteiger partial charge in [-0.05, 0) is 44.5 Å². The highest BCUT2D eigenvalue weighted by Crippen LogP contribution is 2.26. The van der Waals surface area contributed by atoms with Crippen LogP contribution >= 0.6 is 0 Å². The van der Waals surface area contributed by atoms with E-state index in [4.69, 9.17) is 0 Å². The van der Waals surface area contributed by atoms with Crippen molar-refractivity contribution < 1.29 is 13.2 Å². The second-order valence-corrected chi connectivity index (χ2v) is 11.0. The third kappa shape index (κ3) is 5.53. The number of hydrogen-bond acceptors (Lipinski definition) is 7. The lowest BCUT2D eigenvalue weighted by Gasteiger charge is -2.33. The Morgan fingerprint density at radius 1 is 1.15 bits per heavy atom. The van der Waals surface area contributed by atoms with Crippen molar-refractivity contribution >= 4 is 27.0 Å². The average molecular weight is 478 g/mol. The SMILES string of the molecule is CCCn1nnc2cc(S(=O)(=O)N3CCC[C@@H](C(=O)NCCN4CCN(C)CC4)C3)ccc21. The largest absolute Gasteiger partial charge is 0.355 e. The molecule has 1 aromatic carbocycles. The molecule has 1 N–H and O–H groups in total. The molecule has 182 valence electrons. The second kappa shape index (κ2) is 10.5. The van der Waals surface area contributed by atoms with Crippen LogP contribution in [0.4, 0.5) is 0 Å². The summed E-state index contributed by atoms with van der Waals surface area (Å²) in [5, 5.41) is 11.3. The maximum Gasteiger partial charge on any atom is 0.243 e. The monoisotopic (exact) mass is 477 g/mol. The summed E-state index contributed by atoms with van der Waals surface area (Å²) in [5.41, 5.74) is 1.40. The molecule has 2 saturated heterocycles. The Morgan fingerprint density at radius 3 is 2.70 bits per heavy atom. The quantitative estimate of drug-likeness (QED) is 0.594. The van der Waals surface area contributed by atoms with Gasteiger partial charge in [-0.25, -0.2) is 13.1 Å². The Bertz CT molecular complexity index is 1060. The van der Waals surface area contributed by atoms with E-state index in [1.54, 1.807) is 22.9 Å². The highest BCUT2D eigenvalue weighted by atomic mass is 32.2. The zero-order chi connectivity index (χ0) is 23.4. The van der Waals surface area contributed by atoms with Crippen molar-refractivity contribution in [3.8, 4) is 0 Å². The van der Waals surface area contributed by atoms with Gasteiger partial charge in [0.25, 0.3) is 0 Å². The molecule has 0 radical (unpaired) electrons. The zero-order valence-electron chi connectivity index (χ0n) is 19.6. The predicted molar refractivity (Wildman–Crippen MR) is 126 cm³/mol. The van der Waals surface area contributed by atoms with Gasteiger partial charge in [0.2, 0.25) is 15.9 Å². The van der Waals surface area contributed by atoms with E-state index in [-0.39, 0.29) is 23.3 Å². The van der Waals surface area contributed by atoms with Crippen LogP contribution in [0.3, 0.4) is 0 Å². The number of benzene rings is 1. The number of fused-ring (bicyclic) bond motifs is 1. The number of hydrogen-bond donors (Lipinski definition) is 1. The Labute approximate surface area is 195 Å². The predicted octanol–water partition coefficient (Wildman–Crippen LogP) is 0.606. The molecule has 1 aromatic heterocycles. The number of piperidine rings is 1. The topological polar surface area (TPSA) is 104 Å². The highest BCUT2D eigenvalue weighted by Gasteiger charge is 2.33. The van der Waals surface area contributed by atoms with E-state index < -0.39 is 10.0 Å². The number of nitrogens with zero attached hydrogens (tertiary/aromatic N) is 6. The van der Waals surface area contributed by atoms with Crippen LogP contribution in [-0.4, -0.2) is 103 Å². The van der Waals surface area contributed by atoms with Gasteiger partial charge < -0.3 is 10.2 Å². The maximum absolute atomic E-state index is 13.3. The minimum Gasteiger partial charge on any atom is -0.355 e. The maximum atomic E-state index is 13.3. The average Bonchev–Trinajstić information content (AvgIpc) is 3.23. The van der Waals surface area contributed by atoms with E-state index in [0.717, 1.165) is 51.2 Å². The summed E-state index contributed by atoms with van der Waals surface area (Å²) in [7, 11) is -1.58. The molecule has 0 saturated carbocycles. The van der Waals surface area contributed by atoms with Gasteiger partial charge in [0.1, 0.15) is 5.52 Å². The summed E-state index contributed by atoms with van der Waals surface area (Å²) in [6.07, 6.45) is 2.30. The molecule has 2 aliphatic heterocycles. The van der Waals surface area contributed by atoms with Crippen molar-refractivity contribution in [1.82, 2.24) is 34.4 Å². The summed E-state index contributed by atoms with van der Waals surface area (Å²) < 4.78 is 29.8. The number of rotatable bonds is 8. The summed E-state index contributed by atoms with van der Waals surface area (Å²) in [6, 6.07) is 4.97. The number of carbonyl (C=O) groups is 1. The molecule has 0 unspecified atom stereocenters. The van der Waals surface area contributed by atoms with Crippen LogP contribution in [0.5, 0.6) is 0 Å². The fourth-order valence-corrected chi connectivity index (χ4v) is 6.11. The number of amides is 1. The van der Waals surface area contributed by atoms with Gasteiger partial charge in [0, 0.05) is 58.9 Å². The highest BCUT2D eigenvalue weighted by molar-refractivity contribution is 7.89. The molecule has 3 heterocycles. The number of likely N-dealkylation sites (N-methyl/N-ethyl adjacent to an activating group) is 1. The van der Waals surface area contributed by atoms with Gasteiger partial charge in [0.05, 0.1) is 16.3 Å². The van der Waals surface area contributed by atoms with Gasteiger partial charge in [0.15, 0.2) is 0 Å². The molecule has 1 atom stereocenters. The van der Waals surface area contributed by atoms with Crippen LogP contribution < -0.4 is 5.32 Å². The third-order valence-electron chi connectivity index (χ3n) is 6.64. The van der Waals surface area contributed by atoms with Crippen LogP contribution in [0.1, 0.15) is 26.2 Å². The number of piperazine rings is 1. The Hall–Kier alpha value is -2.08. The molecule has 2 aromatic rings. The lowest BCUT2D eigenvalue weighted by atomic mass is 9.99. The standard InChI is InChI=1S/C22H35N7O3S/c1-3-9-29-21-7-6-19(16-20(21)24-25-29)33(31,32)28-10-4-5-18(17-28)22(30)23-8-11-27-14-12-26(2)13-15-27/h6-7,16,18H,3-5,8-15,17H2,1-2H3,(H,23,30)/t18-/m1/s1. The molecule has 1 amide bonds. The minimum atomic E-state index is -3.70. The van der Waals surface area contributed by atoms with E-state index in [2.05, 4.69) is 39.4 Å². The molecular formula is C22H35N7O3S. The number of sulfonamides is 1. The van der Waals surface area contributed by atoms with E-state index in [1.807, 2.05) is 0 Å². The van der Waals surface area contributed by atoms with Gasteiger partial charge in [-0.2, -0.15) is 4.31 Å². The normalized spacial score (nSPS) is 21.5. The van der Waals surface area contributed by atoms with Gasteiger partial charge in [-0.1, -0.05) is 12.1 Å². The van der Waals surface area contributed by atoms with Crippen LogP contribution in [-0.2, 0) is 21.4 Å². The van der Waals surface area contributed by atoms with Crippen molar-refractivity contribution in [2.75, 3.05) is 59.4 Å². The smallest absolute Gasteiger partial charge is 0.243 e. The zero-order valence-corrected chi connectivity index (χ0v) is 20.4. The first kappa shape index (κ1) is 24.1. The van der Waals surface area contributed by atoms with Crippen molar-refractivity contribution in [2.24, 2.45) is 5.92 Å². The number of aryl methyl sites for hydroxylation is 1. The van der Waals surface area contributed by atoms with Crippen LogP contribution in [0, 0.1) is 5.92 Å². The van der Waals surface area contributed by atoms with E-state index in [9.17, 15) is 13.2 Å². The van der Waals surface area contributed by atoms with Crippen LogP contribution in [0.2, 0.25) is 0 Å². The number of carbonyl (C=O) groups excluding carboxylic acids is 1. The van der Waals surface area contributed by atoms with Gasteiger partial charge >= 0.3 is 0 Å². The molecule has 0 bridgehead atoms. The Balaban J connectivity index is 1.35. The van der Waals surface area contributed by atoms with Crippen molar-refractivity contribution in [2.45, 2.75) is 37.6 Å². The third-order valence-corrected chi connectivity index (χ3v) is 8.50. The molecule has 2 fully saturated rings. The van der Waals surface area contributed by atoms with Crippen molar-refractivity contribution in [1.29, 1.82) is 0 Å². The minimum absolute atomic E-state index is 0.0537. The van der Waals surface area contributed by atoms with Crippen LogP contribution in [0.25, 0.3) is 11.0 Å². The fourth-order valence-electron chi connectivity index (χ4n) is 4.57. The van der Waals surface area contributed by atoms with E-state index >= 15 is 0 Å². The first-order valence-electron chi connectivity index (χ1n) is 11.9. The molecule has 10 nitrogen and oxygen atoms in total. The molecule has 11 heteroatoms. The van der Waals surface area contributed by atoms with Gasteiger partial charge in [-0.3, -0.25) is 9.69 Å². The Morgan fingerprint density at radius 2 is 1.94 bits per heavy atom. The van der Waals surface area contributed by atoms with Gasteiger partial charge in [-0.15, -0.1) is 5.10 Å². The summed E-state index contributed by atoms with van der Waals surface area (Å²) >= 11 is 0. The molecule has 0 spiro atoms. The van der Waals surface area contributed by atoms with Crippen molar-refractivity contribution in [3.05, 3.63) is 18.2 Å². The van der Waals surface area contributed by atoms with E-state index in [0.29, 0.717) is 31.4 Å². The van der Waals surface area contributed by atoms with E-state index in [1.165, 1.54) is 4.31 Å². The molecule has 4 rings (SSSR count). The summed E-state index contributed by atoms with van der Waals surface area (Å²) in [6.45, 7) is 8.97. The summed E-state index contributed by atoms with van der Waals surface area (Å²) in [5.74, 6) is -0.378. The fraction of sp³-hybridized carbons (Fsp3) is 0.682. The lowest BCUT2D eigenvalue weighted by Crippen LogP contribution is -2.49.